The van der Waals surface area contributed by atoms with E-state index in [4.69, 9.17) is 5.14 Å². The van der Waals surface area contributed by atoms with Gasteiger partial charge in [-0.2, -0.15) is 0 Å². The monoisotopic (exact) mass is 366 g/mol. The van der Waals surface area contributed by atoms with E-state index in [-0.39, 0.29) is 10.8 Å². The molecule has 0 aromatic heterocycles. The Labute approximate surface area is 152 Å². The van der Waals surface area contributed by atoms with Crippen LogP contribution in [0.4, 0.5) is 5.69 Å². The van der Waals surface area contributed by atoms with Gasteiger partial charge in [0.1, 0.15) is 0 Å². The number of anilines is 1. The number of carbonyl (C=O) groups is 1. The van der Waals surface area contributed by atoms with Crippen LogP contribution in [0.5, 0.6) is 0 Å². The molecule has 0 heterocycles. The van der Waals surface area contributed by atoms with Crippen molar-refractivity contribution >= 4 is 21.6 Å². The Hall–Kier alpha value is -2.96. The smallest absolute Gasteiger partial charge is 0.238 e. The normalized spacial score (nSPS) is 11.3. The van der Waals surface area contributed by atoms with Gasteiger partial charge in [-0.15, -0.1) is 0 Å². The lowest BCUT2D eigenvalue weighted by Crippen LogP contribution is -2.22. The van der Waals surface area contributed by atoms with Gasteiger partial charge >= 0.3 is 0 Å². The van der Waals surface area contributed by atoms with E-state index in [9.17, 15) is 13.2 Å². The number of hydrogen-bond donors (Lipinski definition) is 2. The molecule has 132 valence electrons. The Morgan fingerprint density at radius 1 is 0.769 bits per heavy atom. The minimum atomic E-state index is -3.76. The Kier molecular flexibility index (Phi) is 5.16. The van der Waals surface area contributed by atoms with Crippen LogP contribution in [-0.4, -0.2) is 14.3 Å². The SMILES string of the molecule is NS(=O)(=O)c1ccc(NC(=O)C(c2ccccc2)c2ccccc2)cc1. The first-order chi connectivity index (χ1) is 12.4. The van der Waals surface area contributed by atoms with Crippen molar-refractivity contribution in [2.24, 2.45) is 5.14 Å². The van der Waals surface area contributed by atoms with Crippen LogP contribution in [0.2, 0.25) is 0 Å². The van der Waals surface area contributed by atoms with Gasteiger partial charge in [0.05, 0.1) is 10.8 Å². The third-order valence-electron chi connectivity index (χ3n) is 3.98. The van der Waals surface area contributed by atoms with E-state index in [2.05, 4.69) is 5.32 Å². The fourth-order valence-corrected chi connectivity index (χ4v) is 3.24. The molecule has 0 atom stereocenters. The van der Waals surface area contributed by atoms with E-state index in [0.29, 0.717) is 5.69 Å². The number of rotatable bonds is 5. The van der Waals surface area contributed by atoms with Gasteiger partial charge in [-0.1, -0.05) is 60.7 Å². The molecule has 3 aromatic rings. The predicted octanol–water partition coefficient (Wildman–Crippen LogP) is 3.10. The molecule has 0 saturated carbocycles. The van der Waals surface area contributed by atoms with Crippen LogP contribution in [0, 0.1) is 0 Å². The minimum absolute atomic E-state index is 0.00170. The Bertz CT molecular complexity index is 947. The highest BCUT2D eigenvalue weighted by molar-refractivity contribution is 7.89. The lowest BCUT2D eigenvalue weighted by molar-refractivity contribution is -0.116. The molecule has 0 spiro atoms. The van der Waals surface area contributed by atoms with Gasteiger partial charge in [0.15, 0.2) is 0 Å². The number of hydrogen-bond acceptors (Lipinski definition) is 3. The van der Waals surface area contributed by atoms with Crippen LogP contribution in [0.3, 0.4) is 0 Å². The molecule has 0 fully saturated rings. The first-order valence-electron chi connectivity index (χ1n) is 7.99. The van der Waals surface area contributed by atoms with Gasteiger partial charge in [-0.25, -0.2) is 13.6 Å². The maximum absolute atomic E-state index is 12.9. The largest absolute Gasteiger partial charge is 0.325 e. The zero-order chi connectivity index (χ0) is 18.6. The first-order valence-corrected chi connectivity index (χ1v) is 9.53. The number of amides is 1. The van der Waals surface area contributed by atoms with Crippen LogP contribution >= 0.6 is 0 Å². The van der Waals surface area contributed by atoms with Crippen molar-refractivity contribution in [3.8, 4) is 0 Å². The highest BCUT2D eigenvalue weighted by Gasteiger charge is 2.22. The summed E-state index contributed by atoms with van der Waals surface area (Å²) in [5, 5.41) is 7.94. The van der Waals surface area contributed by atoms with E-state index in [1.165, 1.54) is 24.3 Å². The minimum Gasteiger partial charge on any atom is -0.325 e. The van der Waals surface area contributed by atoms with Crippen molar-refractivity contribution in [1.82, 2.24) is 0 Å². The summed E-state index contributed by atoms with van der Waals surface area (Å²) < 4.78 is 22.7. The molecule has 6 heteroatoms. The molecule has 26 heavy (non-hydrogen) atoms. The summed E-state index contributed by atoms with van der Waals surface area (Å²) in [4.78, 5) is 12.9. The zero-order valence-electron chi connectivity index (χ0n) is 13.9. The summed E-state index contributed by atoms with van der Waals surface area (Å²) >= 11 is 0. The maximum atomic E-state index is 12.9. The van der Waals surface area contributed by atoms with E-state index < -0.39 is 15.9 Å². The fourth-order valence-electron chi connectivity index (χ4n) is 2.73. The van der Waals surface area contributed by atoms with Crippen LogP contribution < -0.4 is 10.5 Å². The number of benzene rings is 3. The van der Waals surface area contributed by atoms with E-state index in [1.54, 1.807) is 0 Å². The zero-order valence-corrected chi connectivity index (χ0v) is 14.7. The van der Waals surface area contributed by atoms with Gasteiger partial charge in [0, 0.05) is 5.69 Å². The van der Waals surface area contributed by atoms with E-state index >= 15 is 0 Å². The second kappa shape index (κ2) is 7.51. The molecule has 3 N–H and O–H groups in total. The molecule has 5 nitrogen and oxygen atoms in total. The summed E-state index contributed by atoms with van der Waals surface area (Å²) in [6.45, 7) is 0. The first kappa shape index (κ1) is 17.8. The summed E-state index contributed by atoms with van der Waals surface area (Å²) in [7, 11) is -3.76. The van der Waals surface area contributed by atoms with E-state index in [1.807, 2.05) is 60.7 Å². The predicted molar refractivity (Wildman–Crippen MR) is 101 cm³/mol. The number of carbonyl (C=O) groups excluding carboxylic acids is 1. The van der Waals surface area contributed by atoms with Crippen molar-refractivity contribution in [1.29, 1.82) is 0 Å². The van der Waals surface area contributed by atoms with Crippen LogP contribution in [0.15, 0.2) is 89.8 Å². The van der Waals surface area contributed by atoms with Crippen molar-refractivity contribution in [3.63, 3.8) is 0 Å². The second-order valence-electron chi connectivity index (χ2n) is 5.81. The maximum Gasteiger partial charge on any atom is 0.238 e. The summed E-state index contributed by atoms with van der Waals surface area (Å²) in [5.74, 6) is -0.680. The lowest BCUT2D eigenvalue weighted by atomic mass is 9.90. The average Bonchev–Trinajstić information content (AvgIpc) is 2.63. The number of nitrogens with one attached hydrogen (secondary N) is 1. The van der Waals surface area contributed by atoms with E-state index in [0.717, 1.165) is 11.1 Å². The topological polar surface area (TPSA) is 89.3 Å². The van der Waals surface area contributed by atoms with Gasteiger partial charge in [-0.05, 0) is 35.4 Å². The number of sulfonamides is 1. The average molecular weight is 366 g/mol. The van der Waals surface area contributed by atoms with Crippen LogP contribution in [0.25, 0.3) is 0 Å². The van der Waals surface area contributed by atoms with Crippen LogP contribution in [0.1, 0.15) is 17.0 Å². The molecule has 0 saturated heterocycles. The van der Waals surface area contributed by atoms with Gasteiger partial charge in [0.2, 0.25) is 15.9 Å². The highest BCUT2D eigenvalue weighted by atomic mass is 32.2. The molecule has 1 amide bonds. The number of primary sulfonamides is 1. The Morgan fingerprint density at radius 3 is 1.65 bits per heavy atom. The summed E-state index contributed by atoms with van der Waals surface area (Å²) in [6.07, 6.45) is 0. The number of nitrogens with two attached hydrogens (primary N) is 1. The molecular formula is C20H18N2O3S. The Morgan fingerprint density at radius 2 is 1.23 bits per heavy atom. The molecule has 0 radical (unpaired) electrons. The van der Waals surface area contributed by atoms with Crippen LogP contribution in [-0.2, 0) is 14.8 Å². The van der Waals surface area contributed by atoms with Crippen molar-refractivity contribution in [3.05, 3.63) is 96.1 Å². The third-order valence-corrected chi connectivity index (χ3v) is 4.91. The quantitative estimate of drug-likeness (QED) is 0.727. The van der Waals surface area contributed by atoms with Crippen molar-refractivity contribution < 1.29 is 13.2 Å². The molecule has 0 aliphatic heterocycles. The molecule has 0 bridgehead atoms. The molecular weight excluding hydrogens is 348 g/mol. The third kappa shape index (κ3) is 4.17. The highest BCUT2D eigenvalue weighted by Crippen LogP contribution is 2.26. The molecule has 0 unspecified atom stereocenters. The molecule has 3 aromatic carbocycles. The van der Waals surface area contributed by atoms with Gasteiger partial charge < -0.3 is 5.32 Å². The van der Waals surface area contributed by atoms with Crippen molar-refractivity contribution in [2.75, 3.05) is 5.32 Å². The second-order valence-corrected chi connectivity index (χ2v) is 7.37. The summed E-state index contributed by atoms with van der Waals surface area (Å²) in [5.41, 5.74) is 2.24. The lowest BCUT2D eigenvalue weighted by Gasteiger charge is -2.18. The molecule has 0 aliphatic rings. The van der Waals surface area contributed by atoms with Gasteiger partial charge in [-0.3, -0.25) is 4.79 Å². The summed E-state index contributed by atoms with van der Waals surface area (Å²) in [6, 6.07) is 24.7. The van der Waals surface area contributed by atoms with Gasteiger partial charge in [0.25, 0.3) is 0 Å². The molecule has 3 rings (SSSR count). The van der Waals surface area contributed by atoms with Crippen molar-refractivity contribution in [2.45, 2.75) is 10.8 Å². The Balaban J connectivity index is 1.89. The molecule has 0 aliphatic carbocycles. The fraction of sp³-hybridized carbons (Fsp3) is 0.0500. The standard InChI is InChI=1S/C20H18N2O3S/c21-26(24,25)18-13-11-17(12-14-18)22-20(23)19(15-7-3-1-4-8-15)16-9-5-2-6-10-16/h1-14,19H,(H,22,23)(H2,21,24,25).